The first kappa shape index (κ1) is 22.7. The molecule has 3 aromatic rings. The molecule has 2 aromatic carbocycles. The Labute approximate surface area is 201 Å². The molecule has 3 aliphatic rings. The molecule has 2 N–H and O–H groups in total. The van der Waals surface area contributed by atoms with Crippen molar-refractivity contribution >= 4 is 23.2 Å². The highest BCUT2D eigenvalue weighted by Crippen LogP contribution is 2.33. The van der Waals surface area contributed by atoms with Crippen molar-refractivity contribution < 1.29 is 19.2 Å². The summed E-state index contributed by atoms with van der Waals surface area (Å²) in [4.78, 5) is 32.6. The van der Waals surface area contributed by atoms with Crippen molar-refractivity contribution in [3.63, 3.8) is 0 Å². The van der Waals surface area contributed by atoms with Crippen LogP contribution in [0, 0.1) is 10.1 Å². The van der Waals surface area contributed by atoms with E-state index in [1.165, 1.54) is 12.3 Å². The van der Waals surface area contributed by atoms with E-state index in [1.807, 2.05) is 18.2 Å². The van der Waals surface area contributed by atoms with Gasteiger partial charge in [-0.25, -0.2) is 9.97 Å². The minimum Gasteiger partial charge on any atom is -0.490 e. The average Bonchev–Trinajstić information content (AvgIpc) is 3.68. The number of fused-ring (bicyclic) bond motifs is 9. The number of aromatic nitrogens is 2. The molecule has 0 atom stereocenters. The number of carbonyl (C=O) groups excluding carboxylic acids is 1. The molecule has 0 spiro atoms. The zero-order chi connectivity index (χ0) is 24.2. The summed E-state index contributed by atoms with van der Waals surface area (Å²) in [5.74, 6) is 0.724. The Kier molecular flexibility index (Phi) is 6.53. The molecule has 35 heavy (non-hydrogen) atoms. The van der Waals surface area contributed by atoms with Gasteiger partial charge in [-0.15, -0.1) is 0 Å². The second-order valence-electron chi connectivity index (χ2n) is 8.53. The molecule has 10 nitrogen and oxygen atoms in total. The van der Waals surface area contributed by atoms with E-state index in [-0.39, 0.29) is 23.3 Å². The van der Waals surface area contributed by atoms with Crippen LogP contribution < -0.4 is 15.4 Å². The number of benzene rings is 2. The Morgan fingerprint density at radius 1 is 1.11 bits per heavy atom. The fraction of sp³-hybridized carbons (Fsp3) is 0.320. The van der Waals surface area contributed by atoms with Crippen LogP contribution in [0.5, 0.6) is 5.75 Å². The lowest BCUT2D eigenvalue weighted by Crippen LogP contribution is -2.24. The first-order chi connectivity index (χ1) is 17.1. The second kappa shape index (κ2) is 10.1. The van der Waals surface area contributed by atoms with Gasteiger partial charge in [-0.1, -0.05) is 0 Å². The van der Waals surface area contributed by atoms with Gasteiger partial charge in [-0.05, 0) is 62.1 Å². The SMILES string of the molecule is O=C1NCCCCOCc2cc(ccc2OC2CC2)Nc2nccc(n2)-c2ccc1cc2[N+](=O)[O-]. The van der Waals surface area contributed by atoms with E-state index in [0.717, 1.165) is 42.7 Å². The summed E-state index contributed by atoms with van der Waals surface area (Å²) >= 11 is 0. The van der Waals surface area contributed by atoms with Gasteiger partial charge in [-0.2, -0.15) is 0 Å². The Bertz CT molecular complexity index is 1260. The number of anilines is 2. The molecule has 180 valence electrons. The molecule has 1 aromatic heterocycles. The number of hydrogen-bond donors (Lipinski definition) is 2. The molecule has 1 amide bonds. The summed E-state index contributed by atoms with van der Waals surface area (Å²) in [6, 6.07) is 11.7. The lowest BCUT2D eigenvalue weighted by atomic mass is 10.1. The largest absolute Gasteiger partial charge is 0.490 e. The summed E-state index contributed by atoms with van der Waals surface area (Å²) in [6.07, 6.45) is 5.38. The van der Waals surface area contributed by atoms with Crippen molar-refractivity contribution in [1.29, 1.82) is 0 Å². The highest BCUT2D eigenvalue weighted by molar-refractivity contribution is 5.96. The van der Waals surface area contributed by atoms with E-state index in [9.17, 15) is 14.9 Å². The van der Waals surface area contributed by atoms with Crippen LogP contribution in [0.2, 0.25) is 0 Å². The smallest absolute Gasteiger partial charge is 0.279 e. The Morgan fingerprint density at radius 2 is 2.00 bits per heavy atom. The molecule has 0 radical (unpaired) electrons. The number of carbonyl (C=O) groups is 1. The number of ether oxygens (including phenoxy) is 2. The van der Waals surface area contributed by atoms with Crippen molar-refractivity contribution in [2.24, 2.45) is 0 Å². The van der Waals surface area contributed by atoms with Crippen molar-refractivity contribution in [2.45, 2.75) is 38.4 Å². The minimum atomic E-state index is -0.508. The first-order valence-electron chi connectivity index (χ1n) is 11.6. The molecular weight excluding hydrogens is 450 g/mol. The number of amides is 1. The summed E-state index contributed by atoms with van der Waals surface area (Å²) in [6.45, 7) is 1.37. The van der Waals surface area contributed by atoms with Crippen LogP contribution >= 0.6 is 0 Å². The Hall–Kier alpha value is -4.05. The molecule has 0 unspecified atom stereocenters. The highest BCUT2D eigenvalue weighted by Gasteiger charge is 2.25. The van der Waals surface area contributed by atoms with Gasteiger partial charge in [0.1, 0.15) is 5.75 Å². The molecule has 6 bridgehead atoms. The lowest BCUT2D eigenvalue weighted by molar-refractivity contribution is -0.384. The van der Waals surface area contributed by atoms with E-state index in [1.54, 1.807) is 18.2 Å². The predicted octanol–water partition coefficient (Wildman–Crippen LogP) is 4.38. The lowest BCUT2D eigenvalue weighted by Gasteiger charge is -2.14. The molecule has 10 heteroatoms. The van der Waals surface area contributed by atoms with Gasteiger partial charge in [0, 0.05) is 42.2 Å². The van der Waals surface area contributed by atoms with Crippen LogP contribution in [0.3, 0.4) is 0 Å². The van der Waals surface area contributed by atoms with E-state index in [2.05, 4.69) is 20.6 Å². The van der Waals surface area contributed by atoms with Crippen LogP contribution in [-0.2, 0) is 11.3 Å². The Morgan fingerprint density at radius 3 is 2.83 bits per heavy atom. The maximum atomic E-state index is 12.5. The van der Waals surface area contributed by atoms with Gasteiger partial charge in [-0.3, -0.25) is 14.9 Å². The number of nitro benzene ring substituents is 1. The van der Waals surface area contributed by atoms with E-state index >= 15 is 0 Å². The monoisotopic (exact) mass is 475 g/mol. The second-order valence-corrected chi connectivity index (χ2v) is 8.53. The minimum absolute atomic E-state index is 0.197. The van der Waals surface area contributed by atoms with Crippen molar-refractivity contribution in [3.8, 4) is 17.0 Å². The van der Waals surface area contributed by atoms with Crippen molar-refractivity contribution in [2.75, 3.05) is 18.5 Å². The number of rotatable bonds is 3. The fourth-order valence-corrected chi connectivity index (χ4v) is 3.80. The van der Waals surface area contributed by atoms with E-state index in [0.29, 0.717) is 37.0 Å². The molecule has 1 aliphatic carbocycles. The molecule has 3 heterocycles. The van der Waals surface area contributed by atoms with Gasteiger partial charge in [0.25, 0.3) is 11.6 Å². The van der Waals surface area contributed by atoms with Crippen molar-refractivity contribution in [1.82, 2.24) is 15.3 Å². The third-order valence-corrected chi connectivity index (χ3v) is 5.78. The highest BCUT2D eigenvalue weighted by atomic mass is 16.6. The third kappa shape index (κ3) is 5.55. The van der Waals surface area contributed by atoms with E-state index in [4.69, 9.17) is 9.47 Å². The summed E-state index contributed by atoms with van der Waals surface area (Å²) in [5, 5.41) is 17.8. The van der Waals surface area contributed by atoms with Crippen LogP contribution in [0.4, 0.5) is 17.3 Å². The third-order valence-electron chi connectivity index (χ3n) is 5.78. The normalized spacial score (nSPS) is 16.3. The van der Waals surface area contributed by atoms with Gasteiger partial charge < -0.3 is 20.1 Å². The van der Waals surface area contributed by atoms with Crippen LogP contribution in [-0.4, -0.2) is 40.1 Å². The summed E-state index contributed by atoms with van der Waals surface area (Å²) in [7, 11) is 0. The molecule has 1 saturated carbocycles. The molecule has 6 rings (SSSR count). The van der Waals surface area contributed by atoms with Crippen LogP contribution in [0.25, 0.3) is 11.3 Å². The molecule has 2 aliphatic heterocycles. The van der Waals surface area contributed by atoms with Gasteiger partial charge in [0.05, 0.1) is 28.9 Å². The number of nitro groups is 1. The molecular formula is C25H25N5O5. The quantitative estimate of drug-likeness (QED) is 0.422. The summed E-state index contributed by atoms with van der Waals surface area (Å²) in [5.41, 5.74) is 2.36. The average molecular weight is 476 g/mol. The number of nitrogens with zero attached hydrogens (tertiary/aromatic N) is 3. The first-order valence-corrected chi connectivity index (χ1v) is 11.6. The standard InChI is InChI=1S/C25H25N5O5/c31-24-16-3-7-20(22(14-16)30(32)33)21-9-11-27-25(29-21)28-18-4-8-23(35-19-5-6-19)17(13-18)15-34-12-2-1-10-26-24/h3-4,7-9,11,13-14,19H,1-2,5-6,10,12,15H2,(H,26,31)(H,27,28,29). The van der Waals surface area contributed by atoms with Crippen LogP contribution in [0.1, 0.15) is 41.6 Å². The molecule has 0 saturated heterocycles. The van der Waals surface area contributed by atoms with Gasteiger partial charge in [0.15, 0.2) is 0 Å². The topological polar surface area (TPSA) is 129 Å². The van der Waals surface area contributed by atoms with Crippen molar-refractivity contribution in [3.05, 3.63) is 69.9 Å². The van der Waals surface area contributed by atoms with Gasteiger partial charge in [0.2, 0.25) is 5.95 Å². The zero-order valence-corrected chi connectivity index (χ0v) is 19.0. The number of nitrogens with one attached hydrogen (secondary N) is 2. The number of hydrogen-bond acceptors (Lipinski definition) is 8. The molecule has 1 fully saturated rings. The zero-order valence-electron chi connectivity index (χ0n) is 19.0. The predicted molar refractivity (Wildman–Crippen MR) is 129 cm³/mol. The fourth-order valence-electron chi connectivity index (χ4n) is 3.80. The van der Waals surface area contributed by atoms with Gasteiger partial charge >= 0.3 is 0 Å². The Balaban J connectivity index is 1.50. The summed E-state index contributed by atoms with van der Waals surface area (Å²) < 4.78 is 11.9. The maximum absolute atomic E-state index is 12.5. The maximum Gasteiger partial charge on any atom is 0.279 e. The van der Waals surface area contributed by atoms with E-state index < -0.39 is 4.92 Å². The van der Waals surface area contributed by atoms with Crippen LogP contribution in [0.15, 0.2) is 48.7 Å².